The van der Waals surface area contributed by atoms with Gasteiger partial charge in [0.05, 0.1) is 6.61 Å². The predicted octanol–water partition coefficient (Wildman–Crippen LogP) is 2.67. The SMILES string of the molecule is CCOC(=O)/C=C/C1CCC2(CCN(C(=O)O)CC2)C1. The fourth-order valence-electron chi connectivity index (χ4n) is 3.45. The summed E-state index contributed by atoms with van der Waals surface area (Å²) in [6.07, 6.45) is 7.89. The molecule has 1 atom stereocenters. The first-order chi connectivity index (χ1) is 9.54. The molecule has 5 heteroatoms. The molecule has 5 nitrogen and oxygen atoms in total. The molecule has 1 saturated heterocycles. The Bertz CT molecular complexity index is 397. The molecule has 1 saturated carbocycles. The van der Waals surface area contributed by atoms with Crippen LogP contribution in [-0.4, -0.2) is 41.8 Å². The van der Waals surface area contributed by atoms with Crippen molar-refractivity contribution < 1.29 is 19.4 Å². The summed E-state index contributed by atoms with van der Waals surface area (Å²) in [4.78, 5) is 23.7. The van der Waals surface area contributed by atoms with Crippen LogP contribution in [-0.2, 0) is 9.53 Å². The molecule has 1 N–H and O–H groups in total. The largest absolute Gasteiger partial charge is 0.465 e. The highest BCUT2D eigenvalue weighted by Crippen LogP contribution is 2.49. The summed E-state index contributed by atoms with van der Waals surface area (Å²) < 4.78 is 4.88. The molecule has 0 bridgehead atoms. The Labute approximate surface area is 119 Å². The van der Waals surface area contributed by atoms with E-state index < -0.39 is 6.09 Å². The number of amides is 1. The lowest BCUT2D eigenvalue weighted by Crippen LogP contribution is -2.41. The summed E-state index contributed by atoms with van der Waals surface area (Å²) in [6.45, 7) is 3.49. The summed E-state index contributed by atoms with van der Waals surface area (Å²) in [7, 11) is 0. The highest BCUT2D eigenvalue weighted by molar-refractivity contribution is 5.81. The molecule has 0 radical (unpaired) electrons. The van der Waals surface area contributed by atoms with Crippen molar-refractivity contribution >= 4 is 12.1 Å². The van der Waals surface area contributed by atoms with E-state index in [1.165, 1.54) is 4.90 Å². The van der Waals surface area contributed by atoms with E-state index in [1.54, 1.807) is 13.0 Å². The van der Waals surface area contributed by atoms with Gasteiger partial charge in [0.25, 0.3) is 0 Å². The minimum Gasteiger partial charge on any atom is -0.465 e. The number of hydrogen-bond donors (Lipinski definition) is 1. The molecule has 2 rings (SSSR count). The van der Waals surface area contributed by atoms with Crippen LogP contribution in [0.25, 0.3) is 0 Å². The van der Waals surface area contributed by atoms with Gasteiger partial charge in [0, 0.05) is 19.2 Å². The van der Waals surface area contributed by atoms with Gasteiger partial charge in [-0.1, -0.05) is 6.08 Å². The lowest BCUT2D eigenvalue weighted by molar-refractivity contribution is -0.137. The van der Waals surface area contributed by atoms with Crippen LogP contribution < -0.4 is 0 Å². The summed E-state index contributed by atoms with van der Waals surface area (Å²) in [5.41, 5.74) is 0.287. The molecular formula is C15H23NO4. The molecular weight excluding hydrogens is 258 g/mol. The van der Waals surface area contributed by atoms with E-state index in [2.05, 4.69) is 0 Å². The number of nitrogens with zero attached hydrogens (tertiary/aromatic N) is 1. The monoisotopic (exact) mass is 281 g/mol. The van der Waals surface area contributed by atoms with Gasteiger partial charge < -0.3 is 14.7 Å². The van der Waals surface area contributed by atoms with Gasteiger partial charge >= 0.3 is 12.1 Å². The Balaban J connectivity index is 1.83. The van der Waals surface area contributed by atoms with Crippen LogP contribution in [0.5, 0.6) is 0 Å². The number of piperidine rings is 1. The van der Waals surface area contributed by atoms with E-state index in [4.69, 9.17) is 9.84 Å². The molecule has 2 fully saturated rings. The van der Waals surface area contributed by atoms with Crippen molar-refractivity contribution in [1.82, 2.24) is 4.90 Å². The van der Waals surface area contributed by atoms with E-state index in [0.717, 1.165) is 32.1 Å². The van der Waals surface area contributed by atoms with Crippen molar-refractivity contribution in [2.45, 2.75) is 39.0 Å². The average Bonchev–Trinajstić information content (AvgIpc) is 2.81. The van der Waals surface area contributed by atoms with Gasteiger partial charge in [-0.15, -0.1) is 0 Å². The van der Waals surface area contributed by atoms with E-state index >= 15 is 0 Å². The highest BCUT2D eigenvalue weighted by atomic mass is 16.5. The molecule has 1 amide bonds. The molecule has 1 heterocycles. The van der Waals surface area contributed by atoms with Crippen molar-refractivity contribution in [3.63, 3.8) is 0 Å². The van der Waals surface area contributed by atoms with Crippen molar-refractivity contribution in [2.24, 2.45) is 11.3 Å². The molecule has 0 aromatic rings. The van der Waals surface area contributed by atoms with Crippen molar-refractivity contribution in [3.05, 3.63) is 12.2 Å². The molecule has 112 valence electrons. The normalized spacial score (nSPS) is 25.2. The first-order valence-corrected chi connectivity index (χ1v) is 7.37. The fourth-order valence-corrected chi connectivity index (χ4v) is 3.45. The zero-order valence-corrected chi connectivity index (χ0v) is 12.0. The molecule has 1 unspecified atom stereocenters. The third-order valence-electron chi connectivity index (χ3n) is 4.63. The second kappa shape index (κ2) is 6.29. The first-order valence-electron chi connectivity index (χ1n) is 7.37. The fraction of sp³-hybridized carbons (Fsp3) is 0.733. The van der Waals surface area contributed by atoms with Gasteiger partial charge in [0.15, 0.2) is 0 Å². The Morgan fingerprint density at radius 3 is 2.65 bits per heavy atom. The summed E-state index contributed by atoms with van der Waals surface area (Å²) >= 11 is 0. The van der Waals surface area contributed by atoms with E-state index in [1.807, 2.05) is 6.08 Å². The number of rotatable bonds is 3. The topological polar surface area (TPSA) is 66.8 Å². The maximum Gasteiger partial charge on any atom is 0.407 e. The van der Waals surface area contributed by atoms with Crippen molar-refractivity contribution in [3.8, 4) is 0 Å². The van der Waals surface area contributed by atoms with Gasteiger partial charge in [0.1, 0.15) is 0 Å². The Hall–Kier alpha value is -1.52. The van der Waals surface area contributed by atoms with Crippen LogP contribution in [0, 0.1) is 11.3 Å². The van der Waals surface area contributed by atoms with Gasteiger partial charge in [-0.05, 0) is 50.4 Å². The number of hydrogen-bond acceptors (Lipinski definition) is 3. The van der Waals surface area contributed by atoms with Crippen LogP contribution in [0.2, 0.25) is 0 Å². The standard InChI is InChI=1S/C15H23NO4/c1-2-20-13(17)4-3-12-5-6-15(11-12)7-9-16(10-8-15)14(18)19/h3-4,12H,2,5-11H2,1H3,(H,18,19)/b4-3+. The molecule has 1 aliphatic heterocycles. The van der Waals surface area contributed by atoms with Gasteiger partial charge in [0.2, 0.25) is 0 Å². The highest BCUT2D eigenvalue weighted by Gasteiger charge is 2.41. The molecule has 1 aliphatic carbocycles. The Morgan fingerprint density at radius 1 is 1.35 bits per heavy atom. The molecule has 20 heavy (non-hydrogen) atoms. The third-order valence-corrected chi connectivity index (χ3v) is 4.63. The lowest BCUT2D eigenvalue weighted by Gasteiger charge is -2.38. The molecule has 1 spiro atoms. The Kier molecular flexibility index (Phi) is 4.68. The van der Waals surface area contributed by atoms with Gasteiger partial charge in [-0.25, -0.2) is 9.59 Å². The van der Waals surface area contributed by atoms with Gasteiger partial charge in [-0.3, -0.25) is 0 Å². The predicted molar refractivity (Wildman–Crippen MR) is 74.4 cm³/mol. The first kappa shape index (κ1) is 14.9. The summed E-state index contributed by atoms with van der Waals surface area (Å²) in [5, 5.41) is 8.98. The third kappa shape index (κ3) is 3.52. The maximum absolute atomic E-state index is 11.3. The quantitative estimate of drug-likeness (QED) is 0.638. The van der Waals surface area contributed by atoms with E-state index in [0.29, 0.717) is 25.6 Å². The van der Waals surface area contributed by atoms with Crippen molar-refractivity contribution in [1.29, 1.82) is 0 Å². The van der Waals surface area contributed by atoms with Crippen LogP contribution in [0.1, 0.15) is 39.0 Å². The van der Waals surface area contributed by atoms with Crippen LogP contribution >= 0.6 is 0 Å². The average molecular weight is 281 g/mol. The molecule has 0 aromatic heterocycles. The minimum atomic E-state index is -0.809. The van der Waals surface area contributed by atoms with Crippen LogP contribution in [0.4, 0.5) is 4.79 Å². The summed E-state index contributed by atoms with van der Waals surface area (Å²) in [6, 6.07) is 0. The number of carbonyl (C=O) groups is 2. The number of likely N-dealkylation sites (tertiary alicyclic amines) is 1. The van der Waals surface area contributed by atoms with E-state index in [9.17, 15) is 9.59 Å². The van der Waals surface area contributed by atoms with Crippen LogP contribution in [0.15, 0.2) is 12.2 Å². The smallest absolute Gasteiger partial charge is 0.407 e. The number of esters is 1. The van der Waals surface area contributed by atoms with Gasteiger partial charge in [-0.2, -0.15) is 0 Å². The number of ether oxygens (including phenoxy) is 1. The second-order valence-electron chi connectivity index (χ2n) is 5.88. The summed E-state index contributed by atoms with van der Waals surface area (Å²) in [5.74, 6) is 0.157. The molecule has 0 aromatic carbocycles. The minimum absolute atomic E-state index is 0.269. The number of allylic oxidation sites excluding steroid dienone is 1. The Morgan fingerprint density at radius 2 is 2.05 bits per heavy atom. The lowest BCUT2D eigenvalue weighted by atomic mass is 9.76. The second-order valence-corrected chi connectivity index (χ2v) is 5.88. The zero-order chi connectivity index (χ0) is 14.6. The molecule has 2 aliphatic rings. The van der Waals surface area contributed by atoms with Crippen LogP contribution in [0.3, 0.4) is 0 Å². The number of carbonyl (C=O) groups excluding carboxylic acids is 1. The zero-order valence-electron chi connectivity index (χ0n) is 12.0. The van der Waals surface area contributed by atoms with Crippen molar-refractivity contribution in [2.75, 3.05) is 19.7 Å². The maximum atomic E-state index is 11.3. The number of carboxylic acid groups (broad SMARTS) is 1. The van der Waals surface area contributed by atoms with E-state index in [-0.39, 0.29) is 11.4 Å².